The van der Waals surface area contributed by atoms with Crippen molar-refractivity contribution in [2.75, 3.05) is 25.7 Å². The number of nitrogens with two attached hydrogens (primary N) is 4. The van der Waals surface area contributed by atoms with E-state index < -0.39 is 35.3 Å². The maximum absolute atomic E-state index is 13.5. The fourth-order valence-corrected chi connectivity index (χ4v) is 6.40. The van der Waals surface area contributed by atoms with Gasteiger partial charge in [0.05, 0.1) is 25.3 Å². The molecule has 6 rings (SSSR count). The largest absolute Gasteiger partial charge is 0.496 e. The summed E-state index contributed by atoms with van der Waals surface area (Å²) in [6.07, 6.45) is 0. The van der Waals surface area contributed by atoms with Crippen LogP contribution in [0.25, 0.3) is 22.5 Å². The summed E-state index contributed by atoms with van der Waals surface area (Å²) in [7, 11) is 2.83. The van der Waals surface area contributed by atoms with E-state index >= 15 is 0 Å². The molecule has 0 spiro atoms. The molecule has 0 aliphatic rings. The van der Waals surface area contributed by atoms with Crippen LogP contribution in [-0.4, -0.2) is 57.4 Å². The minimum Gasteiger partial charge on any atom is -0.496 e. The number of halogens is 2. The first-order chi connectivity index (χ1) is 29.4. The quantitative estimate of drug-likeness (QED) is 0.0771. The first kappa shape index (κ1) is 45.3. The standard InChI is InChI=1S/2C22H24FN5O3/c2*1-12(2)28-20(24)18(21(25)29)19(27-28)14-6-4-13(5-7-14)11-26-22(30)16-10-15(23)8-9-17(16)31-3/h2*4-10,12H,11,24H2,1-3H3,(H2,25,29)(H,26,30). The zero-order chi connectivity index (χ0) is 45.4. The van der Waals surface area contributed by atoms with Crippen molar-refractivity contribution in [1.29, 1.82) is 0 Å². The molecule has 10 N–H and O–H groups in total. The van der Waals surface area contributed by atoms with Gasteiger partial charge in [-0.05, 0) is 75.2 Å². The molecule has 2 heterocycles. The van der Waals surface area contributed by atoms with Crippen molar-refractivity contribution in [2.45, 2.75) is 52.9 Å². The van der Waals surface area contributed by atoms with E-state index in [9.17, 15) is 28.0 Å². The van der Waals surface area contributed by atoms with Gasteiger partial charge in [0.25, 0.3) is 23.6 Å². The number of amides is 4. The van der Waals surface area contributed by atoms with Gasteiger partial charge in [-0.3, -0.25) is 19.2 Å². The van der Waals surface area contributed by atoms with E-state index in [1.165, 1.54) is 38.5 Å². The SMILES string of the molecule is COc1ccc(F)cc1C(=O)NCc1ccc(-c2nn(C(C)C)c(N)c2C(N)=O)cc1.COc1ccc(F)cc1C(=O)NCc1ccc(-c2nn(C(C)C)c(N)c2C(N)=O)cc1. The molecule has 18 heteroatoms. The Hall–Kier alpha value is -7.76. The van der Waals surface area contributed by atoms with Gasteiger partial charge in [0.15, 0.2) is 0 Å². The molecule has 0 fully saturated rings. The Bertz CT molecular complexity index is 2430. The minimum atomic E-state index is -0.653. The number of hydrogen-bond acceptors (Lipinski definition) is 10. The number of nitrogens with zero attached hydrogens (tertiary/aromatic N) is 4. The predicted octanol–water partition coefficient (Wildman–Crippen LogP) is 5.78. The molecule has 0 saturated heterocycles. The van der Waals surface area contributed by atoms with Crippen LogP contribution in [-0.2, 0) is 13.1 Å². The maximum Gasteiger partial charge on any atom is 0.255 e. The number of aromatic nitrogens is 4. The van der Waals surface area contributed by atoms with Crippen LogP contribution in [0.1, 0.15) is 92.3 Å². The lowest BCUT2D eigenvalue weighted by Crippen LogP contribution is -2.23. The van der Waals surface area contributed by atoms with Gasteiger partial charge < -0.3 is 43.0 Å². The molecule has 16 nitrogen and oxygen atoms in total. The molecule has 2 aromatic heterocycles. The van der Waals surface area contributed by atoms with E-state index in [-0.39, 0.29) is 70.6 Å². The Labute approximate surface area is 356 Å². The monoisotopic (exact) mass is 850 g/mol. The molecular formula is C44H48F2N10O6. The summed E-state index contributed by atoms with van der Waals surface area (Å²) < 4.78 is 40.3. The molecule has 0 bridgehead atoms. The number of rotatable bonds is 14. The Balaban J connectivity index is 0.000000234. The van der Waals surface area contributed by atoms with E-state index in [2.05, 4.69) is 20.8 Å². The predicted molar refractivity (Wildman–Crippen MR) is 230 cm³/mol. The summed E-state index contributed by atoms with van der Waals surface area (Å²) >= 11 is 0. The number of carbonyl (C=O) groups excluding carboxylic acids is 4. The fraction of sp³-hybridized carbons (Fsp3) is 0.227. The van der Waals surface area contributed by atoms with Crippen molar-refractivity contribution >= 4 is 35.3 Å². The molecule has 4 amide bonds. The number of anilines is 2. The lowest BCUT2D eigenvalue weighted by molar-refractivity contribution is 0.0939. The maximum atomic E-state index is 13.5. The van der Waals surface area contributed by atoms with Gasteiger partial charge in [-0.15, -0.1) is 0 Å². The van der Waals surface area contributed by atoms with Crippen LogP contribution in [0.4, 0.5) is 20.4 Å². The molecule has 0 radical (unpaired) electrons. The molecule has 0 aliphatic heterocycles. The van der Waals surface area contributed by atoms with Crippen LogP contribution in [0.3, 0.4) is 0 Å². The van der Waals surface area contributed by atoms with E-state index in [0.29, 0.717) is 22.5 Å². The first-order valence-corrected chi connectivity index (χ1v) is 19.2. The van der Waals surface area contributed by atoms with Crippen molar-refractivity contribution in [3.05, 3.63) is 130 Å². The number of nitrogens with one attached hydrogen (secondary N) is 2. The summed E-state index contributed by atoms with van der Waals surface area (Å²) in [6.45, 7) is 8.03. The van der Waals surface area contributed by atoms with Crippen LogP contribution in [0.5, 0.6) is 11.5 Å². The van der Waals surface area contributed by atoms with Gasteiger partial charge in [0.1, 0.15) is 57.3 Å². The van der Waals surface area contributed by atoms with Crippen molar-refractivity contribution < 1.29 is 37.4 Å². The molecule has 324 valence electrons. The number of carbonyl (C=O) groups is 4. The molecule has 0 atom stereocenters. The van der Waals surface area contributed by atoms with Crippen LogP contribution in [0.2, 0.25) is 0 Å². The van der Waals surface area contributed by atoms with E-state index in [1.807, 2.05) is 27.7 Å². The zero-order valence-corrected chi connectivity index (χ0v) is 35.0. The zero-order valence-electron chi connectivity index (χ0n) is 35.0. The average molecular weight is 851 g/mol. The van der Waals surface area contributed by atoms with Crippen LogP contribution in [0.15, 0.2) is 84.9 Å². The Morgan fingerprint density at radius 3 is 1.23 bits per heavy atom. The number of methoxy groups -OCH3 is 2. The average Bonchev–Trinajstić information content (AvgIpc) is 3.79. The molecule has 4 aromatic carbocycles. The van der Waals surface area contributed by atoms with Crippen molar-refractivity contribution in [3.8, 4) is 34.0 Å². The first-order valence-electron chi connectivity index (χ1n) is 19.2. The summed E-state index contributed by atoms with van der Waals surface area (Å²) in [5.74, 6) is -2.27. The summed E-state index contributed by atoms with van der Waals surface area (Å²) in [5, 5.41) is 14.4. The van der Waals surface area contributed by atoms with Crippen LogP contribution >= 0.6 is 0 Å². The molecule has 62 heavy (non-hydrogen) atoms. The van der Waals surface area contributed by atoms with E-state index in [0.717, 1.165) is 23.3 Å². The Morgan fingerprint density at radius 2 is 0.935 bits per heavy atom. The number of ether oxygens (including phenoxy) is 2. The summed E-state index contributed by atoms with van der Waals surface area (Å²) in [4.78, 5) is 48.7. The van der Waals surface area contributed by atoms with Crippen molar-refractivity contribution in [1.82, 2.24) is 30.2 Å². The van der Waals surface area contributed by atoms with Crippen LogP contribution in [0, 0.1) is 11.6 Å². The molecular weight excluding hydrogens is 803 g/mol. The minimum absolute atomic E-state index is 0.0406. The Kier molecular flexibility index (Phi) is 14.3. The summed E-state index contributed by atoms with van der Waals surface area (Å²) in [6, 6.07) is 21.6. The second-order valence-corrected chi connectivity index (χ2v) is 14.5. The van der Waals surface area contributed by atoms with Gasteiger partial charge >= 0.3 is 0 Å². The third-order valence-electron chi connectivity index (χ3n) is 9.54. The fourth-order valence-electron chi connectivity index (χ4n) is 6.40. The highest BCUT2D eigenvalue weighted by Gasteiger charge is 2.24. The Morgan fingerprint density at radius 1 is 0.597 bits per heavy atom. The normalized spacial score (nSPS) is 10.9. The second-order valence-electron chi connectivity index (χ2n) is 14.5. The highest BCUT2D eigenvalue weighted by Crippen LogP contribution is 2.31. The van der Waals surface area contributed by atoms with Gasteiger partial charge in [-0.2, -0.15) is 10.2 Å². The van der Waals surface area contributed by atoms with Gasteiger partial charge in [0.2, 0.25) is 0 Å². The van der Waals surface area contributed by atoms with Gasteiger partial charge in [0, 0.05) is 36.3 Å². The van der Waals surface area contributed by atoms with E-state index in [4.69, 9.17) is 32.4 Å². The summed E-state index contributed by atoms with van der Waals surface area (Å²) in [5.41, 5.74) is 27.4. The van der Waals surface area contributed by atoms with Crippen LogP contribution < -0.4 is 43.0 Å². The van der Waals surface area contributed by atoms with Gasteiger partial charge in [-0.25, -0.2) is 18.1 Å². The highest BCUT2D eigenvalue weighted by molar-refractivity contribution is 6.04. The van der Waals surface area contributed by atoms with Gasteiger partial charge in [-0.1, -0.05) is 48.5 Å². The molecule has 0 aliphatic carbocycles. The van der Waals surface area contributed by atoms with Crippen molar-refractivity contribution in [3.63, 3.8) is 0 Å². The number of benzene rings is 4. The highest BCUT2D eigenvalue weighted by atomic mass is 19.1. The third kappa shape index (κ3) is 10.2. The lowest BCUT2D eigenvalue weighted by Gasteiger charge is -2.10. The lowest BCUT2D eigenvalue weighted by atomic mass is 10.0. The van der Waals surface area contributed by atoms with E-state index in [1.54, 1.807) is 57.9 Å². The number of hydrogen-bond donors (Lipinski definition) is 6. The smallest absolute Gasteiger partial charge is 0.255 e. The molecule has 6 aromatic rings. The topological polar surface area (TPSA) is 251 Å². The van der Waals surface area contributed by atoms with Crippen molar-refractivity contribution in [2.24, 2.45) is 11.5 Å². The second kappa shape index (κ2) is 19.5. The molecule has 0 unspecified atom stereocenters. The third-order valence-corrected chi connectivity index (χ3v) is 9.54. The number of primary amides is 2. The molecule has 0 saturated carbocycles. The number of nitrogen functional groups attached to an aromatic ring is 2.